The van der Waals surface area contributed by atoms with Crippen molar-refractivity contribution in [2.75, 3.05) is 6.61 Å². The number of nitro groups is 1. The third-order valence-corrected chi connectivity index (χ3v) is 3.71. The number of rotatable bonds is 6. The SMILES string of the molecule is CCOc1ccc([C@H](C)NC(=O)c2ccc(C)c([N+](=O)[O-])c2)cc1. The van der Waals surface area contributed by atoms with Gasteiger partial charge >= 0.3 is 0 Å². The fourth-order valence-corrected chi connectivity index (χ4v) is 2.33. The standard InChI is InChI=1S/C18H20N2O4/c1-4-24-16-9-7-14(8-10-16)13(3)19-18(21)15-6-5-12(2)17(11-15)20(22)23/h5-11,13H,4H2,1-3H3,(H,19,21)/t13-/m0/s1. The minimum absolute atomic E-state index is 0.0589. The predicted molar refractivity (Wildman–Crippen MR) is 91.3 cm³/mol. The van der Waals surface area contributed by atoms with E-state index in [4.69, 9.17) is 4.74 Å². The summed E-state index contributed by atoms with van der Waals surface area (Å²) < 4.78 is 5.39. The van der Waals surface area contributed by atoms with Crippen molar-refractivity contribution in [3.8, 4) is 5.75 Å². The molecule has 0 bridgehead atoms. The van der Waals surface area contributed by atoms with E-state index in [0.29, 0.717) is 12.2 Å². The number of nitro benzene ring substituents is 1. The topological polar surface area (TPSA) is 81.5 Å². The lowest BCUT2D eigenvalue weighted by molar-refractivity contribution is -0.385. The van der Waals surface area contributed by atoms with Crippen LogP contribution in [0.3, 0.4) is 0 Å². The molecular formula is C18H20N2O4. The molecule has 1 amide bonds. The minimum atomic E-state index is -0.484. The molecule has 0 spiro atoms. The van der Waals surface area contributed by atoms with Crippen LogP contribution >= 0.6 is 0 Å². The van der Waals surface area contributed by atoms with Gasteiger partial charge in [0.25, 0.3) is 11.6 Å². The van der Waals surface area contributed by atoms with Crippen molar-refractivity contribution < 1.29 is 14.5 Å². The van der Waals surface area contributed by atoms with Gasteiger partial charge in [-0.05, 0) is 44.5 Å². The average molecular weight is 328 g/mol. The lowest BCUT2D eigenvalue weighted by Crippen LogP contribution is -2.26. The van der Waals surface area contributed by atoms with E-state index in [1.807, 2.05) is 38.1 Å². The summed E-state index contributed by atoms with van der Waals surface area (Å²) in [5.41, 5.74) is 1.66. The van der Waals surface area contributed by atoms with Crippen LogP contribution in [0.2, 0.25) is 0 Å². The van der Waals surface area contributed by atoms with Crippen molar-refractivity contribution >= 4 is 11.6 Å². The first-order valence-electron chi connectivity index (χ1n) is 7.71. The van der Waals surface area contributed by atoms with E-state index in [2.05, 4.69) is 5.32 Å². The quantitative estimate of drug-likeness (QED) is 0.646. The first kappa shape index (κ1) is 17.5. The number of carbonyl (C=O) groups excluding carboxylic acids is 1. The molecule has 1 atom stereocenters. The third kappa shape index (κ3) is 4.10. The van der Waals surface area contributed by atoms with E-state index in [9.17, 15) is 14.9 Å². The predicted octanol–water partition coefficient (Wildman–Crippen LogP) is 3.79. The Labute approximate surface area is 140 Å². The van der Waals surface area contributed by atoms with E-state index in [1.54, 1.807) is 19.1 Å². The van der Waals surface area contributed by atoms with Crippen LogP contribution in [-0.2, 0) is 0 Å². The highest BCUT2D eigenvalue weighted by atomic mass is 16.6. The molecule has 0 aliphatic heterocycles. The molecule has 2 aromatic carbocycles. The molecule has 1 N–H and O–H groups in total. The molecule has 0 radical (unpaired) electrons. The number of ether oxygens (including phenoxy) is 1. The maximum Gasteiger partial charge on any atom is 0.273 e. The van der Waals surface area contributed by atoms with E-state index < -0.39 is 4.92 Å². The summed E-state index contributed by atoms with van der Waals surface area (Å²) in [5.74, 6) is 0.424. The molecule has 0 unspecified atom stereocenters. The number of hydrogen-bond donors (Lipinski definition) is 1. The first-order valence-corrected chi connectivity index (χ1v) is 7.71. The summed E-state index contributed by atoms with van der Waals surface area (Å²) in [6, 6.07) is 11.7. The van der Waals surface area contributed by atoms with Crippen LogP contribution < -0.4 is 10.1 Å². The van der Waals surface area contributed by atoms with Crippen LogP contribution in [0.4, 0.5) is 5.69 Å². The van der Waals surface area contributed by atoms with Gasteiger partial charge in [-0.25, -0.2) is 0 Å². The average Bonchev–Trinajstić information content (AvgIpc) is 2.55. The minimum Gasteiger partial charge on any atom is -0.494 e. The summed E-state index contributed by atoms with van der Waals surface area (Å²) in [7, 11) is 0. The molecule has 24 heavy (non-hydrogen) atoms. The molecule has 0 aliphatic carbocycles. The summed E-state index contributed by atoms with van der Waals surface area (Å²) >= 11 is 0. The third-order valence-electron chi connectivity index (χ3n) is 3.71. The number of benzene rings is 2. The van der Waals surface area contributed by atoms with Crippen molar-refractivity contribution in [3.05, 3.63) is 69.3 Å². The van der Waals surface area contributed by atoms with Gasteiger partial charge in [0.2, 0.25) is 0 Å². The Bertz CT molecular complexity index is 741. The second-order valence-electron chi connectivity index (χ2n) is 5.46. The fourth-order valence-electron chi connectivity index (χ4n) is 2.33. The van der Waals surface area contributed by atoms with Gasteiger partial charge in [-0.3, -0.25) is 14.9 Å². The monoisotopic (exact) mass is 328 g/mol. The van der Waals surface area contributed by atoms with Crippen LogP contribution in [0.15, 0.2) is 42.5 Å². The smallest absolute Gasteiger partial charge is 0.273 e. The highest BCUT2D eigenvalue weighted by Crippen LogP contribution is 2.21. The van der Waals surface area contributed by atoms with Gasteiger partial charge in [0.15, 0.2) is 0 Å². The van der Waals surface area contributed by atoms with Crippen LogP contribution in [0.1, 0.15) is 41.4 Å². The zero-order chi connectivity index (χ0) is 17.7. The van der Waals surface area contributed by atoms with Crippen molar-refractivity contribution in [3.63, 3.8) is 0 Å². The number of amides is 1. The molecule has 2 rings (SSSR count). The molecule has 0 saturated heterocycles. The Kier molecular flexibility index (Phi) is 5.52. The van der Waals surface area contributed by atoms with Gasteiger partial charge in [-0.15, -0.1) is 0 Å². The number of aryl methyl sites for hydroxylation is 1. The van der Waals surface area contributed by atoms with Crippen molar-refractivity contribution in [2.45, 2.75) is 26.8 Å². The van der Waals surface area contributed by atoms with Crippen LogP contribution in [0, 0.1) is 17.0 Å². The first-order chi connectivity index (χ1) is 11.4. The Morgan fingerprint density at radius 2 is 1.92 bits per heavy atom. The highest BCUT2D eigenvalue weighted by molar-refractivity contribution is 5.95. The number of nitrogens with one attached hydrogen (secondary N) is 1. The second kappa shape index (κ2) is 7.59. The van der Waals surface area contributed by atoms with Crippen LogP contribution in [-0.4, -0.2) is 17.4 Å². The van der Waals surface area contributed by atoms with E-state index in [-0.39, 0.29) is 23.2 Å². The van der Waals surface area contributed by atoms with Gasteiger partial charge in [0, 0.05) is 17.2 Å². The van der Waals surface area contributed by atoms with Crippen molar-refractivity contribution in [2.24, 2.45) is 0 Å². The molecule has 2 aromatic rings. The largest absolute Gasteiger partial charge is 0.494 e. The van der Waals surface area contributed by atoms with Crippen LogP contribution in [0.5, 0.6) is 5.75 Å². The Balaban J connectivity index is 2.11. The van der Waals surface area contributed by atoms with E-state index in [1.165, 1.54) is 6.07 Å². The van der Waals surface area contributed by atoms with E-state index in [0.717, 1.165) is 11.3 Å². The lowest BCUT2D eigenvalue weighted by Gasteiger charge is -2.15. The molecule has 6 heteroatoms. The normalized spacial score (nSPS) is 11.6. The number of carbonyl (C=O) groups is 1. The van der Waals surface area contributed by atoms with Gasteiger partial charge < -0.3 is 10.1 Å². The summed E-state index contributed by atoms with van der Waals surface area (Å²) in [5, 5.41) is 13.8. The fraction of sp³-hybridized carbons (Fsp3) is 0.278. The van der Waals surface area contributed by atoms with Gasteiger partial charge in [0.05, 0.1) is 17.6 Å². The molecule has 126 valence electrons. The second-order valence-corrected chi connectivity index (χ2v) is 5.46. The molecule has 0 aromatic heterocycles. The zero-order valence-electron chi connectivity index (χ0n) is 13.9. The summed E-state index contributed by atoms with van der Waals surface area (Å²) in [4.78, 5) is 22.8. The molecule has 6 nitrogen and oxygen atoms in total. The summed E-state index contributed by atoms with van der Waals surface area (Å²) in [6.45, 7) is 6.01. The van der Waals surface area contributed by atoms with Crippen molar-refractivity contribution in [1.82, 2.24) is 5.32 Å². The van der Waals surface area contributed by atoms with Gasteiger partial charge in [-0.1, -0.05) is 18.2 Å². The zero-order valence-corrected chi connectivity index (χ0v) is 13.9. The van der Waals surface area contributed by atoms with Gasteiger partial charge in [0.1, 0.15) is 5.75 Å². The Morgan fingerprint density at radius 1 is 1.25 bits per heavy atom. The maximum absolute atomic E-state index is 12.3. The van der Waals surface area contributed by atoms with Crippen LogP contribution in [0.25, 0.3) is 0 Å². The molecule has 0 heterocycles. The maximum atomic E-state index is 12.3. The molecule has 0 aliphatic rings. The Morgan fingerprint density at radius 3 is 2.50 bits per heavy atom. The molecular weight excluding hydrogens is 308 g/mol. The van der Waals surface area contributed by atoms with Gasteiger partial charge in [-0.2, -0.15) is 0 Å². The Hall–Kier alpha value is -2.89. The number of nitrogens with zero attached hydrogens (tertiary/aromatic N) is 1. The molecule has 0 fully saturated rings. The highest BCUT2D eigenvalue weighted by Gasteiger charge is 2.17. The lowest BCUT2D eigenvalue weighted by atomic mass is 10.1. The van der Waals surface area contributed by atoms with Crippen molar-refractivity contribution in [1.29, 1.82) is 0 Å². The van der Waals surface area contributed by atoms with E-state index >= 15 is 0 Å². The summed E-state index contributed by atoms with van der Waals surface area (Å²) in [6.07, 6.45) is 0. The molecule has 0 saturated carbocycles. The number of hydrogen-bond acceptors (Lipinski definition) is 4.